The van der Waals surface area contributed by atoms with Gasteiger partial charge in [-0.05, 0) is 37.5 Å². The molecule has 76 valence electrons. The summed E-state index contributed by atoms with van der Waals surface area (Å²) in [5.41, 5.74) is 1.40. The molecule has 0 aromatic rings. The minimum Gasteiger partial charge on any atom is -0.0999 e. The van der Waals surface area contributed by atoms with Crippen molar-refractivity contribution in [2.75, 3.05) is 0 Å². The molecule has 0 bridgehead atoms. The second kappa shape index (κ2) is 4.83. The van der Waals surface area contributed by atoms with Crippen molar-refractivity contribution in [1.29, 1.82) is 0 Å². The lowest BCUT2D eigenvalue weighted by Gasteiger charge is -2.35. The van der Waals surface area contributed by atoms with Crippen LogP contribution in [0.15, 0.2) is 12.2 Å². The van der Waals surface area contributed by atoms with Gasteiger partial charge >= 0.3 is 0 Å². The molecule has 0 heteroatoms. The van der Waals surface area contributed by atoms with E-state index in [2.05, 4.69) is 27.4 Å². The summed E-state index contributed by atoms with van der Waals surface area (Å²) in [6.45, 7) is 11.1. The fourth-order valence-corrected chi connectivity index (χ4v) is 2.96. The maximum Gasteiger partial charge on any atom is -0.0180 e. The molecule has 0 spiro atoms. The predicted octanol–water partition coefficient (Wildman–Crippen LogP) is 4.42. The van der Waals surface area contributed by atoms with Gasteiger partial charge in [-0.2, -0.15) is 0 Å². The molecule has 0 nitrogen and oxygen atoms in total. The summed E-state index contributed by atoms with van der Waals surface area (Å²) in [5, 5.41) is 0. The summed E-state index contributed by atoms with van der Waals surface area (Å²) in [5.74, 6) is 2.64. The van der Waals surface area contributed by atoms with Gasteiger partial charge in [-0.15, -0.1) is 0 Å². The van der Waals surface area contributed by atoms with E-state index in [9.17, 15) is 0 Å². The van der Waals surface area contributed by atoms with Crippen LogP contribution in [0.2, 0.25) is 0 Å². The Morgan fingerprint density at radius 2 is 2.00 bits per heavy atom. The summed E-state index contributed by atoms with van der Waals surface area (Å²) in [6.07, 6.45) is 7.05. The van der Waals surface area contributed by atoms with Crippen LogP contribution in [0.1, 0.15) is 52.9 Å². The lowest BCUT2D eigenvalue weighted by Crippen LogP contribution is -2.25. The number of rotatable bonds is 3. The molecule has 0 aliphatic heterocycles. The lowest BCUT2D eigenvalue weighted by molar-refractivity contribution is 0.191. The zero-order chi connectivity index (χ0) is 9.84. The van der Waals surface area contributed by atoms with Gasteiger partial charge in [-0.25, -0.2) is 0 Å². The van der Waals surface area contributed by atoms with E-state index in [0.29, 0.717) is 0 Å². The highest BCUT2D eigenvalue weighted by Crippen LogP contribution is 2.38. The molecule has 0 N–H and O–H groups in total. The fraction of sp³-hybridized carbons (Fsp3) is 0.846. The van der Waals surface area contributed by atoms with Crippen LogP contribution in [0.4, 0.5) is 0 Å². The van der Waals surface area contributed by atoms with Crippen molar-refractivity contribution in [3.05, 3.63) is 12.2 Å². The van der Waals surface area contributed by atoms with Gasteiger partial charge in [-0.3, -0.25) is 0 Å². The topological polar surface area (TPSA) is 0 Å². The largest absolute Gasteiger partial charge is 0.0999 e. The third kappa shape index (κ3) is 2.59. The Morgan fingerprint density at radius 3 is 2.46 bits per heavy atom. The van der Waals surface area contributed by atoms with Crippen molar-refractivity contribution >= 4 is 0 Å². The van der Waals surface area contributed by atoms with Gasteiger partial charge in [0.05, 0.1) is 0 Å². The molecular weight excluding hydrogens is 156 g/mol. The molecule has 0 aromatic carbocycles. The SMILES string of the molecule is C=C(C)C(CC)C1CCCCC1C. The van der Waals surface area contributed by atoms with Crippen LogP contribution in [-0.4, -0.2) is 0 Å². The van der Waals surface area contributed by atoms with E-state index in [0.717, 1.165) is 17.8 Å². The van der Waals surface area contributed by atoms with Gasteiger partial charge in [0.25, 0.3) is 0 Å². The first-order valence-corrected chi connectivity index (χ1v) is 5.82. The Hall–Kier alpha value is -0.260. The van der Waals surface area contributed by atoms with E-state index < -0.39 is 0 Å². The van der Waals surface area contributed by atoms with Crippen LogP contribution in [0, 0.1) is 17.8 Å². The molecule has 0 heterocycles. The molecule has 1 aliphatic carbocycles. The zero-order valence-electron chi connectivity index (χ0n) is 9.47. The summed E-state index contributed by atoms with van der Waals surface area (Å²) < 4.78 is 0. The molecule has 3 atom stereocenters. The molecule has 3 unspecified atom stereocenters. The Bertz CT molecular complexity index is 169. The highest BCUT2D eigenvalue weighted by molar-refractivity contribution is 5.00. The van der Waals surface area contributed by atoms with E-state index in [4.69, 9.17) is 0 Å². The first kappa shape index (κ1) is 10.8. The van der Waals surface area contributed by atoms with Crippen molar-refractivity contribution in [3.8, 4) is 0 Å². The van der Waals surface area contributed by atoms with E-state index >= 15 is 0 Å². The Kier molecular flexibility index (Phi) is 4.02. The van der Waals surface area contributed by atoms with Crippen LogP contribution < -0.4 is 0 Å². The van der Waals surface area contributed by atoms with E-state index in [1.807, 2.05) is 0 Å². The van der Waals surface area contributed by atoms with Crippen LogP contribution in [0.5, 0.6) is 0 Å². The standard InChI is InChI=1S/C13H24/c1-5-12(10(2)3)13-9-7-6-8-11(13)4/h11-13H,2,5-9H2,1,3-4H3. The average molecular weight is 180 g/mol. The monoisotopic (exact) mass is 180 g/mol. The smallest absolute Gasteiger partial charge is 0.0180 e. The molecule has 0 aromatic heterocycles. The quantitative estimate of drug-likeness (QED) is 0.564. The summed E-state index contributed by atoms with van der Waals surface area (Å²) in [7, 11) is 0. The van der Waals surface area contributed by atoms with E-state index in [-0.39, 0.29) is 0 Å². The molecule has 0 amide bonds. The van der Waals surface area contributed by atoms with Crippen LogP contribution >= 0.6 is 0 Å². The summed E-state index contributed by atoms with van der Waals surface area (Å²) in [4.78, 5) is 0. The summed E-state index contributed by atoms with van der Waals surface area (Å²) in [6, 6.07) is 0. The molecule has 1 aliphatic rings. The fourth-order valence-electron chi connectivity index (χ4n) is 2.96. The molecular formula is C13H24. The Balaban J connectivity index is 2.60. The predicted molar refractivity (Wildman–Crippen MR) is 59.7 cm³/mol. The third-order valence-corrected chi connectivity index (χ3v) is 3.77. The van der Waals surface area contributed by atoms with Gasteiger partial charge in [0, 0.05) is 0 Å². The number of hydrogen-bond donors (Lipinski definition) is 0. The maximum absolute atomic E-state index is 4.14. The third-order valence-electron chi connectivity index (χ3n) is 3.77. The van der Waals surface area contributed by atoms with Crippen molar-refractivity contribution in [1.82, 2.24) is 0 Å². The molecule has 0 radical (unpaired) electrons. The second-order valence-corrected chi connectivity index (χ2v) is 4.79. The van der Waals surface area contributed by atoms with Crippen LogP contribution in [0.3, 0.4) is 0 Å². The van der Waals surface area contributed by atoms with Crippen LogP contribution in [0.25, 0.3) is 0 Å². The van der Waals surface area contributed by atoms with Crippen molar-refractivity contribution in [3.63, 3.8) is 0 Å². The highest BCUT2D eigenvalue weighted by atomic mass is 14.3. The number of hydrogen-bond acceptors (Lipinski definition) is 0. The van der Waals surface area contributed by atoms with E-state index in [1.54, 1.807) is 0 Å². The normalized spacial score (nSPS) is 31.3. The maximum atomic E-state index is 4.14. The van der Waals surface area contributed by atoms with Crippen LogP contribution in [-0.2, 0) is 0 Å². The average Bonchev–Trinajstić information content (AvgIpc) is 2.09. The van der Waals surface area contributed by atoms with Crippen molar-refractivity contribution in [2.24, 2.45) is 17.8 Å². The van der Waals surface area contributed by atoms with E-state index in [1.165, 1.54) is 37.7 Å². The first-order valence-electron chi connectivity index (χ1n) is 5.82. The minimum atomic E-state index is 0.787. The Morgan fingerprint density at radius 1 is 1.38 bits per heavy atom. The lowest BCUT2D eigenvalue weighted by atomic mass is 9.70. The van der Waals surface area contributed by atoms with Gasteiger partial charge in [0.2, 0.25) is 0 Å². The minimum absolute atomic E-state index is 0.787. The molecule has 13 heavy (non-hydrogen) atoms. The molecule has 1 rings (SSSR count). The van der Waals surface area contributed by atoms with Crippen molar-refractivity contribution in [2.45, 2.75) is 52.9 Å². The van der Waals surface area contributed by atoms with Gasteiger partial charge < -0.3 is 0 Å². The molecule has 1 saturated carbocycles. The number of allylic oxidation sites excluding steroid dienone is 1. The zero-order valence-corrected chi connectivity index (χ0v) is 9.47. The van der Waals surface area contributed by atoms with Crippen molar-refractivity contribution < 1.29 is 0 Å². The second-order valence-electron chi connectivity index (χ2n) is 4.79. The van der Waals surface area contributed by atoms with Gasteiger partial charge in [0.15, 0.2) is 0 Å². The molecule has 1 fully saturated rings. The first-order chi connectivity index (χ1) is 6.16. The Labute approximate surface area is 83.4 Å². The van der Waals surface area contributed by atoms with Gasteiger partial charge in [0.1, 0.15) is 0 Å². The highest BCUT2D eigenvalue weighted by Gasteiger charge is 2.28. The summed E-state index contributed by atoms with van der Waals surface area (Å²) >= 11 is 0. The molecule has 0 saturated heterocycles. The van der Waals surface area contributed by atoms with Gasteiger partial charge in [-0.1, -0.05) is 45.3 Å².